The summed E-state index contributed by atoms with van der Waals surface area (Å²) in [5.41, 5.74) is 0.790. The quantitative estimate of drug-likeness (QED) is 0.684. The van der Waals surface area contributed by atoms with E-state index in [1.807, 2.05) is 73.7 Å². The van der Waals surface area contributed by atoms with Crippen LogP contribution in [0.4, 0.5) is 5.69 Å². The standard InChI is InChI=1S/C21H21NO3/c1-2-24-19-9-5-6-10-20(19)25-14-13-21(23)22-18-12-11-16-7-3-4-8-17(16)15-18/h3-12,15H,2,13-14H2,1H3,(H,22,23). The normalized spacial score (nSPS) is 10.4. The molecule has 3 rings (SSSR count). The van der Waals surface area contributed by atoms with Gasteiger partial charge in [-0.2, -0.15) is 0 Å². The lowest BCUT2D eigenvalue weighted by Crippen LogP contribution is -2.15. The fraction of sp³-hybridized carbons (Fsp3) is 0.190. The highest BCUT2D eigenvalue weighted by Gasteiger charge is 2.07. The summed E-state index contributed by atoms with van der Waals surface area (Å²) in [7, 11) is 0. The highest BCUT2D eigenvalue weighted by atomic mass is 16.5. The summed E-state index contributed by atoms with van der Waals surface area (Å²) in [6.07, 6.45) is 0.271. The second kappa shape index (κ2) is 8.20. The third kappa shape index (κ3) is 4.51. The highest BCUT2D eigenvalue weighted by Crippen LogP contribution is 2.26. The Morgan fingerprint density at radius 2 is 1.56 bits per heavy atom. The largest absolute Gasteiger partial charge is 0.490 e. The first-order valence-corrected chi connectivity index (χ1v) is 8.39. The second-order valence-electron chi connectivity index (χ2n) is 5.59. The summed E-state index contributed by atoms with van der Waals surface area (Å²) in [6.45, 7) is 2.79. The van der Waals surface area contributed by atoms with E-state index >= 15 is 0 Å². The van der Waals surface area contributed by atoms with Crippen molar-refractivity contribution in [3.05, 3.63) is 66.7 Å². The molecular weight excluding hydrogens is 314 g/mol. The number of benzene rings is 3. The zero-order chi connectivity index (χ0) is 17.5. The molecular formula is C21H21NO3. The number of carbonyl (C=O) groups excluding carboxylic acids is 1. The monoisotopic (exact) mass is 335 g/mol. The summed E-state index contributed by atoms with van der Waals surface area (Å²) in [5, 5.41) is 5.16. The van der Waals surface area contributed by atoms with Gasteiger partial charge in [0, 0.05) is 5.69 Å². The Hall–Kier alpha value is -3.01. The molecule has 0 aromatic heterocycles. The molecule has 0 radical (unpaired) electrons. The molecule has 0 fully saturated rings. The summed E-state index contributed by atoms with van der Waals surface area (Å²) in [5.74, 6) is 1.27. The van der Waals surface area contributed by atoms with Crippen molar-refractivity contribution >= 4 is 22.4 Å². The predicted octanol–water partition coefficient (Wildman–Crippen LogP) is 4.65. The number of rotatable bonds is 7. The smallest absolute Gasteiger partial charge is 0.227 e. The number of hydrogen-bond acceptors (Lipinski definition) is 3. The minimum atomic E-state index is -0.0795. The minimum Gasteiger partial charge on any atom is -0.490 e. The molecule has 0 bridgehead atoms. The van der Waals surface area contributed by atoms with Crippen molar-refractivity contribution in [2.24, 2.45) is 0 Å². The molecule has 1 amide bonds. The molecule has 0 aliphatic heterocycles. The fourth-order valence-corrected chi connectivity index (χ4v) is 2.59. The molecule has 0 saturated heterocycles. The van der Waals surface area contributed by atoms with Gasteiger partial charge in [-0.15, -0.1) is 0 Å². The molecule has 0 spiro atoms. The Labute approximate surface area is 147 Å². The molecule has 25 heavy (non-hydrogen) atoms. The zero-order valence-corrected chi connectivity index (χ0v) is 14.2. The Morgan fingerprint density at radius 1 is 0.880 bits per heavy atom. The average Bonchev–Trinajstić information content (AvgIpc) is 2.63. The molecule has 0 aliphatic rings. The highest BCUT2D eigenvalue weighted by molar-refractivity contribution is 5.94. The van der Waals surface area contributed by atoms with Crippen molar-refractivity contribution in [1.82, 2.24) is 0 Å². The summed E-state index contributed by atoms with van der Waals surface area (Å²) in [4.78, 5) is 12.1. The van der Waals surface area contributed by atoms with Crippen LogP contribution in [0.15, 0.2) is 66.7 Å². The predicted molar refractivity (Wildman–Crippen MR) is 100 cm³/mol. The van der Waals surface area contributed by atoms with Gasteiger partial charge in [-0.05, 0) is 42.0 Å². The number of hydrogen-bond donors (Lipinski definition) is 1. The molecule has 0 heterocycles. The SMILES string of the molecule is CCOc1ccccc1OCCC(=O)Nc1ccc2ccccc2c1. The molecule has 128 valence electrons. The number of anilines is 1. The molecule has 3 aromatic carbocycles. The van der Waals surface area contributed by atoms with Crippen LogP contribution in [-0.2, 0) is 4.79 Å². The van der Waals surface area contributed by atoms with Crippen molar-refractivity contribution in [2.75, 3.05) is 18.5 Å². The molecule has 0 unspecified atom stereocenters. The van der Waals surface area contributed by atoms with E-state index in [0.29, 0.717) is 24.7 Å². The van der Waals surface area contributed by atoms with Crippen molar-refractivity contribution in [3.8, 4) is 11.5 Å². The van der Waals surface area contributed by atoms with E-state index in [0.717, 1.165) is 16.5 Å². The van der Waals surface area contributed by atoms with E-state index in [-0.39, 0.29) is 12.3 Å². The van der Waals surface area contributed by atoms with E-state index in [1.165, 1.54) is 0 Å². The van der Waals surface area contributed by atoms with Gasteiger partial charge in [-0.25, -0.2) is 0 Å². The van der Waals surface area contributed by atoms with E-state index < -0.39 is 0 Å². The maximum Gasteiger partial charge on any atom is 0.227 e. The molecule has 4 nitrogen and oxygen atoms in total. The van der Waals surface area contributed by atoms with Gasteiger partial charge in [0.05, 0.1) is 19.6 Å². The molecule has 3 aromatic rings. The lowest BCUT2D eigenvalue weighted by Gasteiger charge is -2.11. The van der Waals surface area contributed by atoms with Crippen molar-refractivity contribution < 1.29 is 14.3 Å². The van der Waals surface area contributed by atoms with Gasteiger partial charge in [0.15, 0.2) is 11.5 Å². The Morgan fingerprint density at radius 3 is 2.32 bits per heavy atom. The fourth-order valence-electron chi connectivity index (χ4n) is 2.59. The van der Waals surface area contributed by atoms with Gasteiger partial charge in [-0.1, -0.05) is 42.5 Å². The topological polar surface area (TPSA) is 47.6 Å². The summed E-state index contributed by atoms with van der Waals surface area (Å²) >= 11 is 0. The minimum absolute atomic E-state index is 0.0795. The first-order valence-electron chi connectivity index (χ1n) is 8.39. The van der Waals surface area contributed by atoms with E-state index in [4.69, 9.17) is 9.47 Å². The molecule has 1 N–H and O–H groups in total. The number of nitrogens with one attached hydrogen (secondary N) is 1. The van der Waals surface area contributed by atoms with Gasteiger partial charge in [0.1, 0.15) is 0 Å². The molecule has 0 saturated carbocycles. The number of ether oxygens (including phenoxy) is 2. The van der Waals surface area contributed by atoms with Crippen LogP contribution in [0.5, 0.6) is 11.5 Å². The van der Waals surface area contributed by atoms with Crippen LogP contribution < -0.4 is 14.8 Å². The summed E-state index contributed by atoms with van der Waals surface area (Å²) < 4.78 is 11.2. The van der Waals surface area contributed by atoms with Crippen molar-refractivity contribution in [2.45, 2.75) is 13.3 Å². The van der Waals surface area contributed by atoms with E-state index in [2.05, 4.69) is 5.32 Å². The Bertz CT molecular complexity index is 860. The maximum absolute atomic E-state index is 12.1. The van der Waals surface area contributed by atoms with Crippen molar-refractivity contribution in [1.29, 1.82) is 0 Å². The van der Waals surface area contributed by atoms with Gasteiger partial charge in [-0.3, -0.25) is 4.79 Å². The van der Waals surface area contributed by atoms with Crippen molar-refractivity contribution in [3.63, 3.8) is 0 Å². The number of para-hydroxylation sites is 2. The van der Waals surface area contributed by atoms with Crippen LogP contribution in [0, 0.1) is 0 Å². The van der Waals surface area contributed by atoms with Gasteiger partial charge >= 0.3 is 0 Å². The summed E-state index contributed by atoms with van der Waals surface area (Å²) in [6, 6.07) is 21.4. The number of fused-ring (bicyclic) bond motifs is 1. The van der Waals surface area contributed by atoms with Gasteiger partial charge in [0.2, 0.25) is 5.91 Å². The molecule has 0 aliphatic carbocycles. The van der Waals surface area contributed by atoms with Crippen LogP contribution in [0.25, 0.3) is 10.8 Å². The lowest BCUT2D eigenvalue weighted by atomic mass is 10.1. The van der Waals surface area contributed by atoms with E-state index in [1.54, 1.807) is 0 Å². The third-order valence-corrected chi connectivity index (χ3v) is 3.77. The lowest BCUT2D eigenvalue weighted by molar-refractivity contribution is -0.116. The second-order valence-corrected chi connectivity index (χ2v) is 5.59. The molecule has 0 atom stereocenters. The number of carbonyl (C=O) groups is 1. The first kappa shape index (κ1) is 16.8. The average molecular weight is 335 g/mol. The third-order valence-electron chi connectivity index (χ3n) is 3.77. The zero-order valence-electron chi connectivity index (χ0n) is 14.2. The van der Waals surface area contributed by atoms with Crippen LogP contribution in [0.3, 0.4) is 0 Å². The van der Waals surface area contributed by atoms with Gasteiger partial charge < -0.3 is 14.8 Å². The molecule has 4 heteroatoms. The van der Waals surface area contributed by atoms with Crippen LogP contribution >= 0.6 is 0 Å². The number of amides is 1. The first-order chi connectivity index (χ1) is 12.3. The Balaban J connectivity index is 1.54. The Kier molecular flexibility index (Phi) is 5.52. The van der Waals surface area contributed by atoms with E-state index in [9.17, 15) is 4.79 Å². The van der Waals surface area contributed by atoms with Crippen LogP contribution in [0.1, 0.15) is 13.3 Å². The van der Waals surface area contributed by atoms with Crippen LogP contribution in [-0.4, -0.2) is 19.1 Å². The van der Waals surface area contributed by atoms with Crippen LogP contribution in [0.2, 0.25) is 0 Å². The van der Waals surface area contributed by atoms with Gasteiger partial charge in [0.25, 0.3) is 0 Å². The maximum atomic E-state index is 12.1.